The number of rotatable bonds is 4. The van der Waals surface area contributed by atoms with Crippen LogP contribution in [-0.4, -0.2) is 12.4 Å². The van der Waals surface area contributed by atoms with Crippen molar-refractivity contribution < 1.29 is 13.9 Å². The predicted molar refractivity (Wildman–Crippen MR) is 54.9 cm³/mol. The second-order valence-electron chi connectivity index (χ2n) is 2.79. The number of benzene rings is 1. The number of halogens is 2. The zero-order chi connectivity index (χ0) is 10.6. The van der Waals surface area contributed by atoms with Crippen molar-refractivity contribution in [3.05, 3.63) is 28.5 Å². The summed E-state index contributed by atoms with van der Waals surface area (Å²) in [6.45, 7) is 1.75. The van der Waals surface area contributed by atoms with E-state index < -0.39 is 5.82 Å². The van der Waals surface area contributed by atoms with Crippen LogP contribution < -0.4 is 4.74 Å². The molecule has 0 saturated carbocycles. The summed E-state index contributed by atoms with van der Waals surface area (Å²) in [6.07, 6.45) is 0.427. The normalized spacial score (nSPS) is 9.93. The second kappa shape index (κ2) is 5.10. The van der Waals surface area contributed by atoms with Crippen molar-refractivity contribution in [2.24, 2.45) is 0 Å². The molecule has 2 nitrogen and oxygen atoms in total. The van der Waals surface area contributed by atoms with E-state index in [0.717, 1.165) is 0 Å². The first-order valence-corrected chi connectivity index (χ1v) is 5.01. The van der Waals surface area contributed by atoms with Crippen LogP contribution in [0.4, 0.5) is 4.39 Å². The minimum atomic E-state index is -0.390. The van der Waals surface area contributed by atoms with Gasteiger partial charge in [0.2, 0.25) is 0 Å². The van der Waals surface area contributed by atoms with Crippen molar-refractivity contribution in [2.45, 2.75) is 13.3 Å². The lowest BCUT2D eigenvalue weighted by atomic mass is 10.3. The standard InChI is InChI=1S/C10H10BrFO2/c1-2-9(13)6-14-10-4-7(11)3-8(12)5-10/h3-5H,2,6H2,1H3. The maximum Gasteiger partial charge on any atom is 0.169 e. The highest BCUT2D eigenvalue weighted by Crippen LogP contribution is 2.20. The average molecular weight is 261 g/mol. The third-order valence-electron chi connectivity index (χ3n) is 1.63. The molecule has 0 fully saturated rings. The Morgan fingerprint density at radius 2 is 2.21 bits per heavy atom. The van der Waals surface area contributed by atoms with Gasteiger partial charge in [-0.2, -0.15) is 0 Å². The Kier molecular flexibility index (Phi) is 4.07. The van der Waals surface area contributed by atoms with Gasteiger partial charge in [0.05, 0.1) is 0 Å². The molecule has 0 bridgehead atoms. The monoisotopic (exact) mass is 260 g/mol. The molecular weight excluding hydrogens is 251 g/mol. The summed E-state index contributed by atoms with van der Waals surface area (Å²) in [4.78, 5) is 10.9. The quantitative estimate of drug-likeness (QED) is 0.832. The molecule has 1 rings (SSSR count). The predicted octanol–water partition coefficient (Wildman–Crippen LogP) is 2.95. The molecule has 0 saturated heterocycles. The lowest BCUT2D eigenvalue weighted by Crippen LogP contribution is -2.09. The number of carbonyl (C=O) groups excluding carboxylic acids is 1. The zero-order valence-electron chi connectivity index (χ0n) is 7.72. The van der Waals surface area contributed by atoms with Crippen LogP contribution in [-0.2, 0) is 4.79 Å². The molecule has 0 amide bonds. The van der Waals surface area contributed by atoms with Gasteiger partial charge in [0, 0.05) is 17.0 Å². The lowest BCUT2D eigenvalue weighted by molar-refractivity contribution is -0.120. The highest BCUT2D eigenvalue weighted by Gasteiger charge is 2.02. The maximum atomic E-state index is 12.8. The minimum absolute atomic E-state index is 0.00755. The van der Waals surface area contributed by atoms with Gasteiger partial charge in [-0.25, -0.2) is 4.39 Å². The molecule has 0 aliphatic heterocycles. The Balaban J connectivity index is 2.63. The van der Waals surface area contributed by atoms with Gasteiger partial charge < -0.3 is 4.74 Å². The molecule has 0 radical (unpaired) electrons. The molecule has 1 aromatic rings. The van der Waals surface area contributed by atoms with Crippen molar-refractivity contribution in [1.82, 2.24) is 0 Å². The second-order valence-corrected chi connectivity index (χ2v) is 3.70. The van der Waals surface area contributed by atoms with Crippen molar-refractivity contribution in [1.29, 1.82) is 0 Å². The fraction of sp³-hybridized carbons (Fsp3) is 0.300. The fourth-order valence-electron chi connectivity index (χ4n) is 0.878. The molecule has 0 N–H and O–H groups in total. The third-order valence-corrected chi connectivity index (χ3v) is 2.09. The van der Waals surface area contributed by atoms with Crippen molar-refractivity contribution >= 4 is 21.7 Å². The number of ether oxygens (including phenoxy) is 1. The summed E-state index contributed by atoms with van der Waals surface area (Å²) < 4.78 is 18.5. The Labute approximate surface area is 90.2 Å². The first-order chi connectivity index (χ1) is 6.61. The van der Waals surface area contributed by atoms with Gasteiger partial charge in [-0.05, 0) is 12.1 Å². The van der Waals surface area contributed by atoms with Crippen LogP contribution >= 0.6 is 15.9 Å². The van der Waals surface area contributed by atoms with Gasteiger partial charge in [-0.1, -0.05) is 22.9 Å². The number of hydrogen-bond acceptors (Lipinski definition) is 2. The molecule has 4 heteroatoms. The van der Waals surface area contributed by atoms with E-state index in [1.54, 1.807) is 13.0 Å². The number of ketones is 1. The van der Waals surface area contributed by atoms with E-state index in [1.807, 2.05) is 0 Å². The zero-order valence-corrected chi connectivity index (χ0v) is 9.30. The first kappa shape index (κ1) is 11.2. The van der Waals surface area contributed by atoms with Crippen LogP contribution in [0, 0.1) is 5.82 Å². The molecule has 0 aliphatic rings. The SMILES string of the molecule is CCC(=O)COc1cc(F)cc(Br)c1. The summed E-state index contributed by atoms with van der Waals surface area (Å²) in [5, 5.41) is 0. The Morgan fingerprint density at radius 3 is 2.79 bits per heavy atom. The third kappa shape index (κ3) is 3.46. The highest BCUT2D eigenvalue weighted by atomic mass is 79.9. The molecule has 0 heterocycles. The van der Waals surface area contributed by atoms with Gasteiger partial charge in [-0.15, -0.1) is 0 Å². The minimum Gasteiger partial charge on any atom is -0.486 e. The van der Waals surface area contributed by atoms with Crippen molar-refractivity contribution in [3.8, 4) is 5.75 Å². The highest BCUT2D eigenvalue weighted by molar-refractivity contribution is 9.10. The molecular formula is C10H10BrFO2. The summed E-state index contributed by atoms with van der Waals surface area (Å²) in [5.41, 5.74) is 0. The van der Waals surface area contributed by atoms with Crippen molar-refractivity contribution in [2.75, 3.05) is 6.61 Å². The van der Waals surface area contributed by atoms with Gasteiger partial charge >= 0.3 is 0 Å². The van der Waals surface area contributed by atoms with E-state index in [9.17, 15) is 9.18 Å². The van der Waals surface area contributed by atoms with E-state index in [1.165, 1.54) is 12.1 Å². The van der Waals surface area contributed by atoms with Gasteiger partial charge in [0.25, 0.3) is 0 Å². The summed E-state index contributed by atoms with van der Waals surface area (Å²) in [6, 6.07) is 4.19. The van der Waals surface area contributed by atoms with Crippen molar-refractivity contribution in [3.63, 3.8) is 0 Å². The average Bonchev–Trinajstić information content (AvgIpc) is 2.12. The number of carbonyl (C=O) groups is 1. The Hall–Kier alpha value is -0.900. The molecule has 1 aromatic carbocycles. The molecule has 76 valence electrons. The number of Topliss-reactive ketones (excluding diaryl/α,β-unsaturated/α-hetero) is 1. The van der Waals surface area contributed by atoms with Gasteiger partial charge in [-0.3, -0.25) is 4.79 Å². The van der Waals surface area contributed by atoms with E-state index in [0.29, 0.717) is 16.6 Å². The summed E-state index contributed by atoms with van der Waals surface area (Å²) >= 11 is 3.13. The molecule has 0 spiro atoms. The van der Waals surface area contributed by atoms with Gasteiger partial charge in [0.1, 0.15) is 18.2 Å². The lowest BCUT2D eigenvalue weighted by Gasteiger charge is -2.04. The fourth-order valence-corrected chi connectivity index (χ4v) is 1.32. The Morgan fingerprint density at radius 1 is 1.50 bits per heavy atom. The van der Waals surface area contributed by atoms with E-state index in [4.69, 9.17) is 4.74 Å². The molecule has 14 heavy (non-hydrogen) atoms. The van der Waals surface area contributed by atoms with E-state index >= 15 is 0 Å². The molecule has 0 aliphatic carbocycles. The first-order valence-electron chi connectivity index (χ1n) is 4.22. The molecule has 0 atom stereocenters. The van der Waals surface area contributed by atoms with Crippen LogP contribution in [0.25, 0.3) is 0 Å². The van der Waals surface area contributed by atoms with Crippen LogP contribution in [0.15, 0.2) is 22.7 Å². The van der Waals surface area contributed by atoms with Crippen LogP contribution in [0.5, 0.6) is 5.75 Å². The summed E-state index contributed by atoms with van der Waals surface area (Å²) in [5.74, 6) is -0.0395. The van der Waals surface area contributed by atoms with E-state index in [2.05, 4.69) is 15.9 Å². The largest absolute Gasteiger partial charge is 0.486 e. The smallest absolute Gasteiger partial charge is 0.169 e. The number of hydrogen-bond donors (Lipinski definition) is 0. The Bertz CT molecular complexity index is 319. The molecule has 0 aromatic heterocycles. The van der Waals surface area contributed by atoms with E-state index in [-0.39, 0.29) is 12.4 Å². The molecule has 0 unspecified atom stereocenters. The topological polar surface area (TPSA) is 26.3 Å². The van der Waals surface area contributed by atoms with Crippen LogP contribution in [0.2, 0.25) is 0 Å². The summed E-state index contributed by atoms with van der Waals surface area (Å²) in [7, 11) is 0. The van der Waals surface area contributed by atoms with Crippen LogP contribution in [0.1, 0.15) is 13.3 Å². The van der Waals surface area contributed by atoms with Gasteiger partial charge in [0.15, 0.2) is 5.78 Å². The maximum absolute atomic E-state index is 12.8. The van der Waals surface area contributed by atoms with Crippen LogP contribution in [0.3, 0.4) is 0 Å².